The van der Waals surface area contributed by atoms with Gasteiger partial charge in [0, 0.05) is 38.5 Å². The molecule has 0 unspecified atom stereocenters. The number of hydrogen-bond donors (Lipinski definition) is 0. The predicted octanol–water partition coefficient (Wildman–Crippen LogP) is 11.6. The second-order valence-electron chi connectivity index (χ2n) is 13.5. The van der Waals surface area contributed by atoms with Crippen molar-refractivity contribution in [3.8, 4) is 39.4 Å². The molecule has 0 amide bonds. The molecule has 0 N–H and O–H groups in total. The fraction of sp³-hybridized carbons (Fsp3) is 0.0426. The highest BCUT2D eigenvalue weighted by Crippen LogP contribution is 2.44. The van der Waals surface area contributed by atoms with Gasteiger partial charge in [0.25, 0.3) is 6.47 Å². The van der Waals surface area contributed by atoms with Crippen LogP contribution in [0.15, 0.2) is 152 Å². The Balaban J connectivity index is 1.20. The number of carbonyl (C=O) groups is 1. The maximum absolute atomic E-state index is 11.3. The molecule has 242 valence electrons. The summed E-state index contributed by atoms with van der Waals surface area (Å²) in [7, 11) is 0. The molecular formula is C47H32N2O2. The lowest BCUT2D eigenvalue weighted by molar-refractivity contribution is -0.120. The number of rotatable bonds is 5. The van der Waals surface area contributed by atoms with Gasteiger partial charge in [0.1, 0.15) is 5.75 Å². The number of aromatic nitrogens is 2. The number of hydrogen-bond acceptors (Lipinski definition) is 2. The van der Waals surface area contributed by atoms with Crippen LogP contribution in [0.4, 0.5) is 0 Å². The molecule has 0 saturated carbocycles. The van der Waals surface area contributed by atoms with E-state index in [1.54, 1.807) is 0 Å². The number of nitrogens with zero attached hydrogens (tertiary/aromatic N) is 2. The van der Waals surface area contributed by atoms with E-state index in [0.717, 1.165) is 61.9 Å². The molecule has 1 aliphatic rings. The summed E-state index contributed by atoms with van der Waals surface area (Å²) in [6.45, 7) is 7.15. The molecule has 0 radical (unpaired) electrons. The molecular weight excluding hydrogens is 625 g/mol. The molecule has 4 nitrogen and oxygen atoms in total. The summed E-state index contributed by atoms with van der Waals surface area (Å²) in [5.74, 6) is 0.548. The molecule has 0 aliphatic heterocycles. The van der Waals surface area contributed by atoms with Crippen molar-refractivity contribution in [2.75, 3.05) is 0 Å². The van der Waals surface area contributed by atoms with Crippen LogP contribution in [0, 0.1) is 6.92 Å². The molecule has 51 heavy (non-hydrogen) atoms. The zero-order valence-electron chi connectivity index (χ0n) is 28.1. The summed E-state index contributed by atoms with van der Waals surface area (Å²) in [6.07, 6.45) is 0.856. The number of aryl methyl sites for hydroxylation is 1. The molecule has 10 rings (SSSR count). The average Bonchev–Trinajstić information content (AvgIpc) is 3.66. The first kappa shape index (κ1) is 29.3. The van der Waals surface area contributed by atoms with Gasteiger partial charge < -0.3 is 13.9 Å². The van der Waals surface area contributed by atoms with Crippen molar-refractivity contribution in [2.45, 2.75) is 13.3 Å². The highest BCUT2D eigenvalue weighted by atomic mass is 16.5. The first-order chi connectivity index (χ1) is 25.1. The second kappa shape index (κ2) is 11.2. The minimum atomic E-state index is 0.493. The molecule has 1 aliphatic carbocycles. The van der Waals surface area contributed by atoms with E-state index >= 15 is 0 Å². The van der Waals surface area contributed by atoms with E-state index in [2.05, 4.69) is 144 Å². The number of fused-ring (bicyclic) bond motifs is 9. The van der Waals surface area contributed by atoms with E-state index in [4.69, 9.17) is 4.74 Å². The minimum absolute atomic E-state index is 0.493. The van der Waals surface area contributed by atoms with Crippen LogP contribution in [0.25, 0.3) is 82.8 Å². The zero-order chi connectivity index (χ0) is 34.2. The van der Waals surface area contributed by atoms with Gasteiger partial charge in [0.15, 0.2) is 0 Å². The van der Waals surface area contributed by atoms with Crippen LogP contribution < -0.4 is 4.74 Å². The molecule has 9 aromatic rings. The van der Waals surface area contributed by atoms with Crippen LogP contribution >= 0.6 is 0 Å². The van der Waals surface area contributed by atoms with Crippen molar-refractivity contribution < 1.29 is 9.53 Å². The van der Waals surface area contributed by atoms with Crippen molar-refractivity contribution >= 4 is 55.7 Å². The number of carbonyl (C=O) groups excluding carboxylic acids is 1. The van der Waals surface area contributed by atoms with Gasteiger partial charge in [-0.1, -0.05) is 91.5 Å². The third-order valence-electron chi connectivity index (χ3n) is 10.6. The third-order valence-corrected chi connectivity index (χ3v) is 10.6. The Kier molecular flexibility index (Phi) is 6.43. The molecule has 0 fully saturated rings. The van der Waals surface area contributed by atoms with E-state index < -0.39 is 0 Å². The highest BCUT2D eigenvalue weighted by Gasteiger charge is 2.23. The average molecular weight is 657 g/mol. The van der Waals surface area contributed by atoms with Gasteiger partial charge in [0.05, 0.1) is 22.1 Å². The Morgan fingerprint density at radius 3 is 1.82 bits per heavy atom. The SMILES string of the molecule is C=C1Cc2ccccc2-c2cc3c4ccccc4n(-c4cccc(-n5c6ccccc6c6cc(-c7ccccc7OC=O)c(C)cc65)c4)c3cc21. The van der Waals surface area contributed by atoms with E-state index in [9.17, 15) is 4.79 Å². The molecule has 2 aromatic heterocycles. The lowest BCUT2D eigenvalue weighted by Gasteiger charge is -2.22. The number of benzene rings is 7. The van der Waals surface area contributed by atoms with E-state index in [1.165, 1.54) is 44.1 Å². The van der Waals surface area contributed by atoms with Gasteiger partial charge in [-0.25, -0.2) is 0 Å². The van der Waals surface area contributed by atoms with E-state index in [1.807, 2.05) is 24.3 Å². The van der Waals surface area contributed by atoms with Crippen molar-refractivity contribution in [2.24, 2.45) is 0 Å². The smallest absolute Gasteiger partial charge is 0.298 e. The van der Waals surface area contributed by atoms with Gasteiger partial charge in [-0.3, -0.25) is 4.79 Å². The van der Waals surface area contributed by atoms with Gasteiger partial charge in [-0.15, -0.1) is 0 Å². The molecule has 0 spiro atoms. The van der Waals surface area contributed by atoms with Crippen LogP contribution in [-0.4, -0.2) is 15.6 Å². The monoisotopic (exact) mass is 656 g/mol. The Labute approximate surface area is 295 Å². The molecule has 0 atom stereocenters. The first-order valence-corrected chi connectivity index (χ1v) is 17.3. The highest BCUT2D eigenvalue weighted by molar-refractivity contribution is 6.13. The standard InChI is InChI=1S/C47H32N2O2/c1-29-22-31-12-3-4-15-34(31)40-26-42-36-17-6-9-20-44(36)49(46(42)27-39(29)40)33-14-11-13-32(24-33)48-43-19-8-5-16-35(43)41-25-38(30(2)23-45(41)48)37-18-7-10-21-47(37)51-28-50/h3-21,23-28H,1,22H2,2H3. The summed E-state index contributed by atoms with van der Waals surface area (Å²) in [5, 5.41) is 4.77. The molecule has 2 heterocycles. The number of para-hydroxylation sites is 3. The first-order valence-electron chi connectivity index (χ1n) is 17.3. The molecule has 0 bridgehead atoms. The Hall–Kier alpha value is -6.65. The van der Waals surface area contributed by atoms with Crippen LogP contribution in [0.3, 0.4) is 0 Å². The second-order valence-corrected chi connectivity index (χ2v) is 13.5. The van der Waals surface area contributed by atoms with E-state index in [0.29, 0.717) is 12.2 Å². The quantitative estimate of drug-likeness (QED) is 0.173. The molecule has 0 saturated heterocycles. The van der Waals surface area contributed by atoms with Gasteiger partial charge in [0.2, 0.25) is 0 Å². The Morgan fingerprint density at radius 2 is 1.12 bits per heavy atom. The zero-order valence-corrected chi connectivity index (χ0v) is 28.1. The third kappa shape index (κ3) is 4.36. The van der Waals surface area contributed by atoms with Crippen LogP contribution in [-0.2, 0) is 11.2 Å². The fourth-order valence-corrected chi connectivity index (χ4v) is 8.37. The predicted molar refractivity (Wildman–Crippen MR) is 210 cm³/mol. The van der Waals surface area contributed by atoms with Gasteiger partial charge in [-0.05, 0) is 113 Å². The fourth-order valence-electron chi connectivity index (χ4n) is 8.37. The number of ether oxygens (including phenoxy) is 1. The summed E-state index contributed by atoms with van der Waals surface area (Å²) < 4.78 is 10.2. The van der Waals surface area contributed by atoms with Crippen LogP contribution in [0.2, 0.25) is 0 Å². The lowest BCUT2D eigenvalue weighted by atomic mass is 9.82. The normalized spacial score (nSPS) is 12.5. The topological polar surface area (TPSA) is 36.2 Å². The maximum atomic E-state index is 11.3. The summed E-state index contributed by atoms with van der Waals surface area (Å²) in [6, 6.07) is 51.8. The Bertz CT molecular complexity index is 2920. The molecule has 4 heteroatoms. The van der Waals surface area contributed by atoms with Crippen molar-refractivity contribution in [1.29, 1.82) is 0 Å². The van der Waals surface area contributed by atoms with Gasteiger partial charge >= 0.3 is 0 Å². The minimum Gasteiger partial charge on any atom is -0.428 e. The maximum Gasteiger partial charge on any atom is 0.298 e. The van der Waals surface area contributed by atoms with E-state index in [-0.39, 0.29) is 0 Å². The summed E-state index contributed by atoms with van der Waals surface area (Å²) in [5.41, 5.74) is 16.0. The Morgan fingerprint density at radius 1 is 0.529 bits per heavy atom. The van der Waals surface area contributed by atoms with Gasteiger partial charge in [-0.2, -0.15) is 0 Å². The van der Waals surface area contributed by atoms with Crippen molar-refractivity contribution in [1.82, 2.24) is 9.13 Å². The number of allylic oxidation sites excluding steroid dienone is 1. The summed E-state index contributed by atoms with van der Waals surface area (Å²) >= 11 is 0. The van der Waals surface area contributed by atoms with Crippen LogP contribution in [0.1, 0.15) is 16.7 Å². The largest absolute Gasteiger partial charge is 0.428 e. The van der Waals surface area contributed by atoms with Crippen molar-refractivity contribution in [3.63, 3.8) is 0 Å². The van der Waals surface area contributed by atoms with Crippen LogP contribution in [0.5, 0.6) is 5.75 Å². The van der Waals surface area contributed by atoms with Crippen molar-refractivity contribution in [3.05, 3.63) is 169 Å². The summed E-state index contributed by atoms with van der Waals surface area (Å²) in [4.78, 5) is 11.3. The lowest BCUT2D eigenvalue weighted by Crippen LogP contribution is -2.03. The molecule has 7 aromatic carbocycles.